The molecule has 1 rings (SSSR count). The monoisotopic (exact) mass is 258 g/mol. The summed E-state index contributed by atoms with van der Waals surface area (Å²) >= 11 is 0. The fourth-order valence-corrected chi connectivity index (χ4v) is 1.92. The van der Waals surface area contributed by atoms with Gasteiger partial charge in [0.2, 0.25) is 5.91 Å². The van der Waals surface area contributed by atoms with Gasteiger partial charge in [-0.2, -0.15) is 0 Å². The van der Waals surface area contributed by atoms with Crippen LogP contribution in [0, 0.1) is 0 Å². The van der Waals surface area contributed by atoms with Gasteiger partial charge >= 0.3 is 0 Å². The van der Waals surface area contributed by atoms with Crippen LogP contribution in [0.2, 0.25) is 0 Å². The molecule has 0 radical (unpaired) electrons. The molecule has 1 heterocycles. The molecule has 1 fully saturated rings. The largest absolute Gasteiger partial charge is 0.381 e. The lowest BCUT2D eigenvalue weighted by atomic mass is 10.2. The Morgan fingerprint density at radius 1 is 1.39 bits per heavy atom. The van der Waals surface area contributed by atoms with Gasteiger partial charge in [0.25, 0.3) is 0 Å². The Kier molecular flexibility index (Phi) is 7.96. The summed E-state index contributed by atoms with van der Waals surface area (Å²) < 4.78 is 10.9. The van der Waals surface area contributed by atoms with Crippen molar-refractivity contribution in [3.8, 4) is 0 Å². The van der Waals surface area contributed by atoms with Gasteiger partial charge in [-0.05, 0) is 25.7 Å². The van der Waals surface area contributed by atoms with E-state index in [4.69, 9.17) is 15.2 Å². The number of hydrogen-bond acceptors (Lipinski definition) is 4. The molecule has 5 heteroatoms. The minimum Gasteiger partial charge on any atom is -0.381 e. The highest BCUT2D eigenvalue weighted by molar-refractivity contribution is 5.80. The van der Waals surface area contributed by atoms with Crippen molar-refractivity contribution < 1.29 is 14.3 Å². The zero-order valence-corrected chi connectivity index (χ0v) is 11.3. The molecule has 3 N–H and O–H groups in total. The topological polar surface area (TPSA) is 73.6 Å². The van der Waals surface area contributed by atoms with E-state index >= 15 is 0 Å². The van der Waals surface area contributed by atoms with Crippen molar-refractivity contribution in [2.75, 3.05) is 26.3 Å². The highest BCUT2D eigenvalue weighted by Gasteiger charge is 2.29. The first kappa shape index (κ1) is 15.4. The van der Waals surface area contributed by atoms with Crippen molar-refractivity contribution in [3.63, 3.8) is 0 Å². The third kappa shape index (κ3) is 5.80. The number of carbonyl (C=O) groups is 1. The molecule has 0 aromatic carbocycles. The Bertz CT molecular complexity index is 236. The molecule has 0 saturated carbocycles. The highest BCUT2D eigenvalue weighted by atomic mass is 16.5. The minimum atomic E-state index is -0.306. The average Bonchev–Trinajstić information content (AvgIpc) is 2.86. The van der Waals surface area contributed by atoms with E-state index in [2.05, 4.69) is 12.2 Å². The smallest absolute Gasteiger partial charge is 0.249 e. The van der Waals surface area contributed by atoms with Gasteiger partial charge in [-0.1, -0.05) is 13.3 Å². The van der Waals surface area contributed by atoms with E-state index in [9.17, 15) is 4.79 Å². The molecule has 2 atom stereocenters. The first-order valence-electron chi connectivity index (χ1n) is 6.99. The van der Waals surface area contributed by atoms with Gasteiger partial charge < -0.3 is 20.5 Å². The number of nitrogens with one attached hydrogen (secondary N) is 1. The van der Waals surface area contributed by atoms with Gasteiger partial charge in [-0.15, -0.1) is 0 Å². The van der Waals surface area contributed by atoms with Crippen molar-refractivity contribution in [1.29, 1.82) is 0 Å². The van der Waals surface area contributed by atoms with Crippen LogP contribution in [0.4, 0.5) is 0 Å². The second-order valence-electron chi connectivity index (χ2n) is 4.67. The van der Waals surface area contributed by atoms with Gasteiger partial charge in [0.05, 0.1) is 6.10 Å². The number of rotatable bonds is 9. The molecule has 18 heavy (non-hydrogen) atoms. The first-order chi connectivity index (χ1) is 8.77. The van der Waals surface area contributed by atoms with Gasteiger partial charge in [0, 0.05) is 26.3 Å². The van der Waals surface area contributed by atoms with E-state index in [0.717, 1.165) is 38.7 Å². The lowest BCUT2D eigenvalue weighted by Crippen LogP contribution is -2.36. The van der Waals surface area contributed by atoms with Crippen LogP contribution in [-0.2, 0) is 14.3 Å². The molecule has 0 aromatic heterocycles. The molecular formula is C13H26N2O3. The number of nitrogens with two attached hydrogens (primary N) is 1. The second-order valence-corrected chi connectivity index (χ2v) is 4.67. The Morgan fingerprint density at radius 2 is 2.17 bits per heavy atom. The van der Waals surface area contributed by atoms with Gasteiger partial charge in [0.1, 0.15) is 6.10 Å². The molecule has 1 saturated heterocycles. The maximum Gasteiger partial charge on any atom is 0.249 e. The van der Waals surface area contributed by atoms with Crippen LogP contribution in [-0.4, -0.2) is 44.4 Å². The van der Waals surface area contributed by atoms with Crippen LogP contribution in [0.25, 0.3) is 0 Å². The van der Waals surface area contributed by atoms with Crippen LogP contribution >= 0.6 is 0 Å². The first-order valence-corrected chi connectivity index (χ1v) is 6.99. The number of amides is 1. The molecular weight excluding hydrogens is 232 g/mol. The summed E-state index contributed by atoms with van der Waals surface area (Å²) in [6.45, 7) is 4.80. The molecule has 5 nitrogen and oxygen atoms in total. The Hall–Kier alpha value is -0.650. The highest BCUT2D eigenvalue weighted by Crippen LogP contribution is 2.18. The molecule has 1 aliphatic heterocycles. The summed E-state index contributed by atoms with van der Waals surface area (Å²) in [5.41, 5.74) is 5.50. The zero-order valence-electron chi connectivity index (χ0n) is 11.3. The number of hydrogen-bond donors (Lipinski definition) is 2. The van der Waals surface area contributed by atoms with Gasteiger partial charge in [-0.3, -0.25) is 4.79 Å². The lowest BCUT2D eigenvalue weighted by molar-refractivity contribution is -0.131. The molecule has 0 bridgehead atoms. The molecule has 0 unspecified atom stereocenters. The molecule has 1 aliphatic rings. The third-order valence-electron chi connectivity index (χ3n) is 3.07. The zero-order chi connectivity index (χ0) is 13.2. The van der Waals surface area contributed by atoms with Gasteiger partial charge in [0.15, 0.2) is 0 Å². The molecule has 1 amide bonds. The predicted molar refractivity (Wildman–Crippen MR) is 70.3 cm³/mol. The predicted octanol–water partition coefficient (Wildman–Crippen LogP) is 0.816. The average molecular weight is 258 g/mol. The summed E-state index contributed by atoms with van der Waals surface area (Å²) in [5, 5.41) is 2.88. The van der Waals surface area contributed by atoms with Crippen molar-refractivity contribution in [2.45, 2.75) is 51.2 Å². The van der Waals surface area contributed by atoms with Crippen LogP contribution in [0.1, 0.15) is 39.0 Å². The van der Waals surface area contributed by atoms with Crippen molar-refractivity contribution in [2.24, 2.45) is 5.73 Å². The van der Waals surface area contributed by atoms with Crippen molar-refractivity contribution in [3.05, 3.63) is 0 Å². The summed E-state index contributed by atoms with van der Waals surface area (Å²) in [6, 6.07) is 0. The third-order valence-corrected chi connectivity index (χ3v) is 3.07. The Balaban J connectivity index is 1.97. The van der Waals surface area contributed by atoms with Crippen LogP contribution in [0.3, 0.4) is 0 Å². The van der Waals surface area contributed by atoms with E-state index < -0.39 is 0 Å². The van der Waals surface area contributed by atoms with Gasteiger partial charge in [-0.25, -0.2) is 0 Å². The fourth-order valence-electron chi connectivity index (χ4n) is 1.92. The second kappa shape index (κ2) is 9.30. The SMILES string of the molecule is CCCCOCCCNC(=O)[C@@H]1CC[C@H](CN)O1. The van der Waals surface area contributed by atoms with E-state index in [-0.39, 0.29) is 18.1 Å². The van der Waals surface area contributed by atoms with Crippen LogP contribution in [0.15, 0.2) is 0 Å². The van der Waals surface area contributed by atoms with Crippen molar-refractivity contribution in [1.82, 2.24) is 5.32 Å². The number of carbonyl (C=O) groups excluding carboxylic acids is 1. The van der Waals surface area contributed by atoms with E-state index in [0.29, 0.717) is 19.7 Å². The molecule has 0 aromatic rings. The summed E-state index contributed by atoms with van der Waals surface area (Å²) in [5.74, 6) is -0.0143. The maximum absolute atomic E-state index is 11.7. The number of unbranched alkanes of at least 4 members (excludes halogenated alkanes) is 1. The lowest BCUT2D eigenvalue weighted by Gasteiger charge is -2.12. The van der Waals surface area contributed by atoms with E-state index in [1.807, 2.05) is 0 Å². The standard InChI is InChI=1S/C13H26N2O3/c1-2-3-8-17-9-4-7-15-13(16)12-6-5-11(10-14)18-12/h11-12H,2-10,14H2,1H3,(H,15,16)/t11-,12+/m1/s1. The Labute approximate surface area is 109 Å². The molecule has 0 aliphatic carbocycles. The molecule has 0 spiro atoms. The van der Waals surface area contributed by atoms with Crippen LogP contribution in [0.5, 0.6) is 0 Å². The van der Waals surface area contributed by atoms with Crippen LogP contribution < -0.4 is 11.1 Å². The van der Waals surface area contributed by atoms with Crippen molar-refractivity contribution >= 4 is 5.91 Å². The number of ether oxygens (including phenoxy) is 2. The Morgan fingerprint density at radius 3 is 2.83 bits per heavy atom. The van der Waals surface area contributed by atoms with E-state index in [1.54, 1.807) is 0 Å². The summed E-state index contributed by atoms with van der Waals surface area (Å²) in [7, 11) is 0. The fraction of sp³-hybridized carbons (Fsp3) is 0.923. The normalized spacial score (nSPS) is 23.2. The maximum atomic E-state index is 11.7. The van der Waals surface area contributed by atoms with E-state index in [1.165, 1.54) is 0 Å². The minimum absolute atomic E-state index is 0.0143. The summed E-state index contributed by atoms with van der Waals surface area (Å²) in [4.78, 5) is 11.7. The quantitative estimate of drug-likeness (QED) is 0.600. The summed E-state index contributed by atoms with van der Waals surface area (Å²) in [6.07, 6.45) is 4.51. The molecule has 106 valence electrons.